The van der Waals surface area contributed by atoms with Crippen LogP contribution in [0.2, 0.25) is 0 Å². The van der Waals surface area contributed by atoms with Crippen molar-refractivity contribution < 1.29 is 24.2 Å². The number of carbonyl (C=O) groups is 2. The van der Waals surface area contributed by atoms with Gasteiger partial charge in [0.1, 0.15) is 0 Å². The van der Waals surface area contributed by atoms with Gasteiger partial charge in [0, 0.05) is 13.1 Å². The fraction of sp³-hybridized carbons (Fsp3) is 0.500. The zero-order valence-electron chi connectivity index (χ0n) is 21.5. The zero-order valence-corrected chi connectivity index (χ0v) is 22.4. The lowest BCUT2D eigenvalue weighted by Gasteiger charge is -2.28. The molecule has 1 aliphatic heterocycles. The summed E-state index contributed by atoms with van der Waals surface area (Å²) in [6, 6.07) is 4.64. The number of hydrogen-bond acceptors (Lipinski definition) is 8. The molecule has 0 saturated carbocycles. The average Bonchev–Trinajstić information content (AvgIpc) is 3.27. The number of amides is 1. The minimum Gasteiger partial charge on any atom is -0.503 e. The summed E-state index contributed by atoms with van der Waals surface area (Å²) in [5.74, 6) is 0.157. The number of thiazole rings is 1. The first-order valence-electron chi connectivity index (χ1n) is 11.7. The molecule has 1 N–H and O–H groups in total. The summed E-state index contributed by atoms with van der Waals surface area (Å²) in [6.45, 7) is 9.32. The first kappa shape index (κ1) is 26.7. The van der Waals surface area contributed by atoms with E-state index in [0.717, 1.165) is 11.4 Å². The van der Waals surface area contributed by atoms with Crippen LogP contribution in [-0.4, -0.2) is 72.5 Å². The van der Waals surface area contributed by atoms with Crippen LogP contribution in [0.4, 0.5) is 0 Å². The Labute approximate surface area is 211 Å². The van der Waals surface area contributed by atoms with Gasteiger partial charge in [-0.05, 0) is 58.0 Å². The molecule has 1 unspecified atom stereocenters. The van der Waals surface area contributed by atoms with Crippen molar-refractivity contribution in [3.63, 3.8) is 0 Å². The molecule has 8 nitrogen and oxygen atoms in total. The Balaban J connectivity index is 2.04. The van der Waals surface area contributed by atoms with Crippen LogP contribution in [0.3, 0.4) is 0 Å². The summed E-state index contributed by atoms with van der Waals surface area (Å²) < 4.78 is 11.5. The number of hydrogen-bond donors (Lipinski definition) is 1. The van der Waals surface area contributed by atoms with E-state index in [9.17, 15) is 14.7 Å². The SMILES string of the molecule is COc1cc(C2C(C(=O)c3sc(C)nc3C)=C(O)C(=O)N2CCN(C)C)ccc1OCCC(C)C. The first-order valence-corrected chi connectivity index (χ1v) is 12.5. The number of Topliss-reactive ketones (excluding diaryl/α,β-unsaturated/α-hetero) is 1. The number of aliphatic hydroxyl groups is 1. The average molecular weight is 502 g/mol. The van der Waals surface area contributed by atoms with Crippen molar-refractivity contribution >= 4 is 23.0 Å². The van der Waals surface area contributed by atoms with Gasteiger partial charge in [0.05, 0.1) is 40.9 Å². The number of ketones is 1. The van der Waals surface area contributed by atoms with Gasteiger partial charge < -0.3 is 24.4 Å². The highest BCUT2D eigenvalue weighted by Gasteiger charge is 2.44. The van der Waals surface area contributed by atoms with Gasteiger partial charge in [0.2, 0.25) is 5.78 Å². The number of aryl methyl sites for hydroxylation is 2. The summed E-state index contributed by atoms with van der Waals surface area (Å²) >= 11 is 1.26. The molecule has 0 bridgehead atoms. The van der Waals surface area contributed by atoms with Crippen molar-refractivity contribution in [3.05, 3.63) is 50.7 Å². The van der Waals surface area contributed by atoms with E-state index >= 15 is 0 Å². The van der Waals surface area contributed by atoms with E-state index in [2.05, 4.69) is 18.8 Å². The summed E-state index contributed by atoms with van der Waals surface area (Å²) in [5.41, 5.74) is 1.31. The lowest BCUT2D eigenvalue weighted by molar-refractivity contribution is -0.129. The third-order valence-corrected chi connectivity index (χ3v) is 6.97. The molecular weight excluding hydrogens is 466 g/mol. The predicted octanol–water partition coefficient (Wildman–Crippen LogP) is 4.33. The van der Waals surface area contributed by atoms with E-state index in [-0.39, 0.29) is 11.4 Å². The highest BCUT2D eigenvalue weighted by Crippen LogP contribution is 2.42. The molecule has 1 atom stereocenters. The van der Waals surface area contributed by atoms with E-state index in [1.54, 1.807) is 31.1 Å². The molecule has 0 spiro atoms. The molecule has 0 saturated heterocycles. The van der Waals surface area contributed by atoms with Gasteiger partial charge in [-0.3, -0.25) is 9.59 Å². The minimum atomic E-state index is -0.754. The number of carbonyl (C=O) groups excluding carboxylic acids is 2. The molecule has 35 heavy (non-hydrogen) atoms. The van der Waals surface area contributed by atoms with Crippen LogP contribution in [-0.2, 0) is 4.79 Å². The summed E-state index contributed by atoms with van der Waals surface area (Å²) in [6.07, 6.45) is 0.906. The van der Waals surface area contributed by atoms with Crippen LogP contribution in [0, 0.1) is 19.8 Å². The molecule has 0 radical (unpaired) electrons. The number of nitrogens with zero attached hydrogens (tertiary/aromatic N) is 3. The standard InChI is InChI=1S/C26H35N3O5S/c1-15(2)10-13-34-19-9-8-18(14-20(19)33-7)22-21(23(30)25-16(3)27-17(4)35-25)24(31)26(32)29(22)12-11-28(5)6/h8-9,14-15,22,31H,10-13H2,1-7H3. The van der Waals surface area contributed by atoms with Crippen molar-refractivity contribution in [1.29, 1.82) is 0 Å². The zero-order chi connectivity index (χ0) is 25.9. The maximum absolute atomic E-state index is 13.6. The van der Waals surface area contributed by atoms with Crippen molar-refractivity contribution in [2.24, 2.45) is 5.92 Å². The normalized spacial score (nSPS) is 16.1. The highest BCUT2D eigenvalue weighted by molar-refractivity contribution is 7.14. The van der Waals surface area contributed by atoms with Crippen LogP contribution in [0.5, 0.6) is 11.5 Å². The fourth-order valence-corrected chi connectivity index (χ4v) is 4.89. The van der Waals surface area contributed by atoms with Gasteiger partial charge in [0.25, 0.3) is 5.91 Å². The van der Waals surface area contributed by atoms with E-state index in [1.807, 2.05) is 32.0 Å². The monoisotopic (exact) mass is 501 g/mol. The Hall–Kier alpha value is -2.91. The van der Waals surface area contributed by atoms with Crippen LogP contribution >= 0.6 is 11.3 Å². The molecule has 3 rings (SSSR count). The Morgan fingerprint density at radius 3 is 2.54 bits per heavy atom. The number of rotatable bonds is 11. The number of aliphatic hydroxyl groups excluding tert-OH is 1. The highest BCUT2D eigenvalue weighted by atomic mass is 32.1. The number of ether oxygens (including phenoxy) is 2. The Morgan fingerprint density at radius 2 is 1.97 bits per heavy atom. The Bertz CT molecular complexity index is 1120. The van der Waals surface area contributed by atoms with Crippen LogP contribution in [0.15, 0.2) is 29.5 Å². The summed E-state index contributed by atoms with van der Waals surface area (Å²) in [7, 11) is 5.37. The second-order valence-electron chi connectivity index (χ2n) is 9.38. The molecular formula is C26H35N3O5S. The summed E-state index contributed by atoms with van der Waals surface area (Å²) in [4.78, 5) is 35.1. The van der Waals surface area contributed by atoms with Crippen molar-refractivity contribution in [1.82, 2.24) is 14.8 Å². The van der Waals surface area contributed by atoms with Crippen molar-refractivity contribution in [2.45, 2.75) is 40.2 Å². The van der Waals surface area contributed by atoms with E-state index in [1.165, 1.54) is 11.3 Å². The summed E-state index contributed by atoms with van der Waals surface area (Å²) in [5, 5.41) is 11.6. The van der Waals surface area contributed by atoms with Gasteiger partial charge in [0.15, 0.2) is 17.3 Å². The van der Waals surface area contributed by atoms with Gasteiger partial charge in [-0.15, -0.1) is 11.3 Å². The molecule has 0 aliphatic carbocycles. The molecule has 1 aliphatic rings. The smallest absolute Gasteiger partial charge is 0.290 e. The molecule has 0 fully saturated rings. The molecule has 1 aromatic heterocycles. The first-order chi connectivity index (χ1) is 16.5. The minimum absolute atomic E-state index is 0.0658. The van der Waals surface area contributed by atoms with Gasteiger partial charge in [-0.1, -0.05) is 19.9 Å². The van der Waals surface area contributed by atoms with E-state index < -0.39 is 17.7 Å². The van der Waals surface area contributed by atoms with E-state index in [0.29, 0.717) is 53.2 Å². The maximum Gasteiger partial charge on any atom is 0.290 e. The number of likely N-dealkylation sites (N-methyl/N-ethyl adjacent to an activating group) is 1. The second kappa shape index (κ2) is 11.2. The number of methoxy groups -OCH3 is 1. The van der Waals surface area contributed by atoms with Gasteiger partial charge >= 0.3 is 0 Å². The second-order valence-corrected chi connectivity index (χ2v) is 10.6. The molecule has 190 valence electrons. The molecule has 2 aromatic rings. The Morgan fingerprint density at radius 1 is 1.26 bits per heavy atom. The third-order valence-electron chi connectivity index (χ3n) is 5.90. The molecule has 1 aromatic carbocycles. The lowest BCUT2D eigenvalue weighted by atomic mass is 9.94. The van der Waals surface area contributed by atoms with E-state index in [4.69, 9.17) is 9.47 Å². The topological polar surface area (TPSA) is 92.2 Å². The predicted molar refractivity (Wildman–Crippen MR) is 137 cm³/mol. The van der Waals surface area contributed by atoms with Crippen molar-refractivity contribution in [2.75, 3.05) is 40.9 Å². The van der Waals surface area contributed by atoms with Crippen LogP contribution in [0.1, 0.15) is 52.2 Å². The van der Waals surface area contributed by atoms with Crippen LogP contribution in [0.25, 0.3) is 0 Å². The number of benzene rings is 1. The van der Waals surface area contributed by atoms with Crippen molar-refractivity contribution in [3.8, 4) is 11.5 Å². The molecule has 9 heteroatoms. The molecule has 2 heterocycles. The molecule has 1 amide bonds. The largest absolute Gasteiger partial charge is 0.503 e. The lowest BCUT2D eigenvalue weighted by Crippen LogP contribution is -2.36. The quantitative estimate of drug-likeness (QED) is 0.458. The maximum atomic E-state index is 13.6. The fourth-order valence-electron chi connectivity index (χ4n) is 4.01. The van der Waals surface area contributed by atoms with Gasteiger partial charge in [-0.25, -0.2) is 4.98 Å². The third kappa shape index (κ3) is 5.85. The van der Waals surface area contributed by atoms with Gasteiger partial charge in [-0.2, -0.15) is 0 Å². The van der Waals surface area contributed by atoms with Crippen LogP contribution < -0.4 is 9.47 Å². The number of aromatic nitrogens is 1. The Kier molecular flexibility index (Phi) is 8.56.